The van der Waals surface area contributed by atoms with Crippen molar-refractivity contribution in [2.45, 2.75) is 26.0 Å². The van der Waals surface area contributed by atoms with Gasteiger partial charge >= 0.3 is 5.97 Å². The van der Waals surface area contributed by atoms with Crippen molar-refractivity contribution in [3.8, 4) is 5.75 Å². The van der Waals surface area contributed by atoms with Gasteiger partial charge in [-0.25, -0.2) is 0 Å². The molecular weight excluding hydrogens is 366 g/mol. The van der Waals surface area contributed by atoms with Crippen LogP contribution >= 0.6 is 0 Å². The van der Waals surface area contributed by atoms with E-state index in [0.717, 1.165) is 48.8 Å². The molecule has 0 spiro atoms. The van der Waals surface area contributed by atoms with Gasteiger partial charge in [0.15, 0.2) is 5.96 Å². The summed E-state index contributed by atoms with van der Waals surface area (Å²) in [6, 6.07) is 18.2. The number of benzene rings is 2. The summed E-state index contributed by atoms with van der Waals surface area (Å²) in [5.41, 5.74) is 2.27. The smallest absolute Gasteiger partial charge is 0.308 e. The van der Waals surface area contributed by atoms with E-state index in [9.17, 15) is 4.79 Å². The van der Waals surface area contributed by atoms with Crippen molar-refractivity contribution in [3.63, 3.8) is 0 Å². The Morgan fingerprint density at radius 3 is 2.52 bits per heavy atom. The van der Waals surface area contributed by atoms with Crippen molar-refractivity contribution in [2.75, 3.05) is 27.2 Å². The predicted molar refractivity (Wildman–Crippen MR) is 114 cm³/mol. The monoisotopic (exact) mass is 395 g/mol. The van der Waals surface area contributed by atoms with Crippen molar-refractivity contribution >= 4 is 11.9 Å². The molecule has 0 amide bonds. The summed E-state index contributed by atoms with van der Waals surface area (Å²) in [6.07, 6.45) is 1.58. The van der Waals surface area contributed by atoms with E-state index in [1.165, 1.54) is 7.11 Å². The third-order valence-corrected chi connectivity index (χ3v) is 5.14. The lowest BCUT2D eigenvalue weighted by molar-refractivity contribution is -0.146. The average Bonchev–Trinajstić information content (AvgIpc) is 2.79. The zero-order valence-electron chi connectivity index (χ0n) is 17.1. The molecule has 154 valence electrons. The lowest BCUT2D eigenvalue weighted by Gasteiger charge is -2.33. The Kier molecular flexibility index (Phi) is 7.50. The first-order chi connectivity index (χ1) is 14.2. The van der Waals surface area contributed by atoms with Gasteiger partial charge in [-0.15, -0.1) is 0 Å². The van der Waals surface area contributed by atoms with E-state index >= 15 is 0 Å². The van der Waals surface area contributed by atoms with Crippen LogP contribution in [0.25, 0.3) is 0 Å². The summed E-state index contributed by atoms with van der Waals surface area (Å²) in [7, 11) is 3.24. The van der Waals surface area contributed by atoms with Gasteiger partial charge in [-0.05, 0) is 36.1 Å². The number of ether oxygens (including phenoxy) is 2. The molecule has 2 aromatic rings. The quantitative estimate of drug-likeness (QED) is 0.462. The Bertz CT molecular complexity index is 815. The van der Waals surface area contributed by atoms with Crippen LogP contribution < -0.4 is 10.1 Å². The van der Waals surface area contributed by atoms with Crippen molar-refractivity contribution < 1.29 is 14.3 Å². The molecule has 0 bridgehead atoms. The minimum atomic E-state index is -0.111. The molecule has 6 heteroatoms. The number of hydrogen-bond donors (Lipinski definition) is 1. The van der Waals surface area contributed by atoms with E-state index in [2.05, 4.69) is 33.4 Å². The standard InChI is InChI=1S/C23H29N3O3/c1-24-23(26-13-11-20(12-14-26)22(27)28-2)25-16-19-9-6-10-21(15-19)29-17-18-7-4-3-5-8-18/h3-10,15,20H,11-14,16-17H2,1-2H3,(H,24,25). The first-order valence-corrected chi connectivity index (χ1v) is 9.98. The predicted octanol–water partition coefficient (Wildman–Crippen LogP) is 3.23. The molecular formula is C23H29N3O3. The molecule has 1 aliphatic heterocycles. The average molecular weight is 396 g/mol. The summed E-state index contributed by atoms with van der Waals surface area (Å²) >= 11 is 0. The Balaban J connectivity index is 1.50. The van der Waals surface area contributed by atoms with Crippen LogP contribution in [0.2, 0.25) is 0 Å². The van der Waals surface area contributed by atoms with Gasteiger partial charge in [0.2, 0.25) is 0 Å². The fourth-order valence-corrected chi connectivity index (χ4v) is 3.49. The first-order valence-electron chi connectivity index (χ1n) is 9.98. The summed E-state index contributed by atoms with van der Waals surface area (Å²) in [5.74, 6) is 1.58. The van der Waals surface area contributed by atoms with Crippen molar-refractivity contribution in [3.05, 3.63) is 65.7 Å². The number of hydrogen-bond acceptors (Lipinski definition) is 4. The Labute approximate surface area is 172 Å². The highest BCUT2D eigenvalue weighted by atomic mass is 16.5. The lowest BCUT2D eigenvalue weighted by Crippen LogP contribution is -2.46. The molecule has 0 saturated carbocycles. The largest absolute Gasteiger partial charge is 0.489 e. The van der Waals surface area contributed by atoms with Crippen molar-refractivity contribution in [1.82, 2.24) is 10.2 Å². The van der Waals surface area contributed by atoms with Crippen molar-refractivity contribution in [2.24, 2.45) is 10.9 Å². The molecule has 0 radical (unpaired) electrons. The number of esters is 1. The summed E-state index contributed by atoms with van der Waals surface area (Å²) in [6.45, 7) is 2.79. The zero-order chi connectivity index (χ0) is 20.5. The van der Waals surface area contributed by atoms with Crippen LogP contribution in [0.3, 0.4) is 0 Å². The molecule has 6 nitrogen and oxygen atoms in total. The number of nitrogens with one attached hydrogen (secondary N) is 1. The van der Waals surface area contributed by atoms with E-state index in [-0.39, 0.29) is 11.9 Å². The molecule has 0 aromatic heterocycles. The number of likely N-dealkylation sites (tertiary alicyclic amines) is 1. The summed E-state index contributed by atoms with van der Waals surface area (Å²) in [5, 5.41) is 3.42. The van der Waals surface area contributed by atoms with E-state index in [4.69, 9.17) is 9.47 Å². The molecule has 1 N–H and O–H groups in total. The molecule has 3 rings (SSSR count). The van der Waals surface area contributed by atoms with Crippen LogP contribution in [0.4, 0.5) is 0 Å². The molecule has 0 aliphatic carbocycles. The van der Waals surface area contributed by atoms with Gasteiger partial charge in [0.25, 0.3) is 0 Å². The lowest BCUT2D eigenvalue weighted by atomic mass is 9.97. The number of rotatable bonds is 6. The molecule has 1 fully saturated rings. The molecule has 1 saturated heterocycles. The molecule has 0 atom stereocenters. The maximum absolute atomic E-state index is 11.7. The van der Waals surface area contributed by atoms with E-state index in [0.29, 0.717) is 13.2 Å². The zero-order valence-corrected chi connectivity index (χ0v) is 17.1. The van der Waals surface area contributed by atoms with Crippen molar-refractivity contribution in [1.29, 1.82) is 0 Å². The maximum atomic E-state index is 11.7. The van der Waals surface area contributed by atoms with Gasteiger partial charge in [-0.2, -0.15) is 0 Å². The fraction of sp³-hybridized carbons (Fsp3) is 0.391. The topological polar surface area (TPSA) is 63.2 Å². The number of guanidine groups is 1. The third-order valence-electron chi connectivity index (χ3n) is 5.14. The number of nitrogens with zero attached hydrogens (tertiary/aromatic N) is 2. The molecule has 29 heavy (non-hydrogen) atoms. The maximum Gasteiger partial charge on any atom is 0.308 e. The van der Waals surface area contributed by atoms with Crippen LogP contribution in [0.1, 0.15) is 24.0 Å². The molecule has 1 aliphatic rings. The van der Waals surface area contributed by atoms with Gasteiger partial charge in [0, 0.05) is 26.7 Å². The SMILES string of the molecule is CN=C(NCc1cccc(OCc2ccccc2)c1)N1CCC(C(=O)OC)CC1. The van der Waals surface area contributed by atoms with E-state index in [1.807, 2.05) is 36.4 Å². The fourth-order valence-electron chi connectivity index (χ4n) is 3.49. The number of aliphatic imine (C=N–C) groups is 1. The minimum absolute atomic E-state index is 0.00667. The van der Waals surface area contributed by atoms with Crippen LogP contribution in [0.15, 0.2) is 59.6 Å². The summed E-state index contributed by atoms with van der Waals surface area (Å²) in [4.78, 5) is 18.3. The highest BCUT2D eigenvalue weighted by Crippen LogP contribution is 2.19. The minimum Gasteiger partial charge on any atom is -0.489 e. The number of carbonyl (C=O) groups excluding carboxylic acids is 1. The highest BCUT2D eigenvalue weighted by molar-refractivity contribution is 5.80. The van der Waals surface area contributed by atoms with Gasteiger partial charge in [0.05, 0.1) is 13.0 Å². The second-order valence-corrected chi connectivity index (χ2v) is 7.11. The van der Waals surface area contributed by atoms with Gasteiger partial charge < -0.3 is 19.7 Å². The Morgan fingerprint density at radius 2 is 1.83 bits per heavy atom. The number of carbonyl (C=O) groups is 1. The molecule has 2 aromatic carbocycles. The van der Waals surface area contributed by atoms with E-state index in [1.54, 1.807) is 7.05 Å². The van der Waals surface area contributed by atoms with Crippen LogP contribution in [0.5, 0.6) is 5.75 Å². The van der Waals surface area contributed by atoms with E-state index < -0.39 is 0 Å². The number of methoxy groups -OCH3 is 1. The molecule has 0 unspecified atom stereocenters. The van der Waals surface area contributed by atoms with Crippen LogP contribution in [-0.2, 0) is 22.7 Å². The van der Waals surface area contributed by atoms with Gasteiger partial charge in [0.1, 0.15) is 12.4 Å². The van der Waals surface area contributed by atoms with Gasteiger partial charge in [-0.3, -0.25) is 9.79 Å². The normalized spacial score (nSPS) is 15.1. The highest BCUT2D eigenvalue weighted by Gasteiger charge is 2.26. The second kappa shape index (κ2) is 10.5. The third kappa shape index (κ3) is 5.98. The molecule has 1 heterocycles. The van der Waals surface area contributed by atoms with Crippen LogP contribution in [-0.4, -0.2) is 44.1 Å². The van der Waals surface area contributed by atoms with Gasteiger partial charge in [-0.1, -0.05) is 42.5 Å². The number of piperidine rings is 1. The second-order valence-electron chi connectivity index (χ2n) is 7.11. The Hall–Kier alpha value is -3.02. The summed E-state index contributed by atoms with van der Waals surface area (Å²) < 4.78 is 10.8. The first kappa shape index (κ1) is 20.7. The van der Waals surface area contributed by atoms with Crippen LogP contribution in [0, 0.1) is 5.92 Å². The Morgan fingerprint density at radius 1 is 1.10 bits per heavy atom.